The normalized spacial score (nSPS) is 13.6. The number of rotatable bonds is 3. The number of carbonyl (C=O) groups excluding carboxylic acids is 1. The number of carboxylic acid groups (broad SMARTS) is 1. The molecule has 1 N–H and O–H groups in total. The SMILES string of the molecule is Cc1ccc2cc(C(=O)c3ccc4c(c3)C(C)(C)CCO4)ccc2c1.Cc1ccc2ccccc2c1C(=O)O. The van der Waals surface area contributed by atoms with Crippen molar-refractivity contribution in [2.45, 2.75) is 39.5 Å². The van der Waals surface area contributed by atoms with Gasteiger partial charge in [0.15, 0.2) is 5.78 Å². The van der Waals surface area contributed by atoms with Crippen LogP contribution in [0.5, 0.6) is 5.75 Å². The van der Waals surface area contributed by atoms with Crippen molar-refractivity contribution in [1.29, 1.82) is 0 Å². The lowest BCUT2D eigenvalue weighted by molar-refractivity contribution is 0.0698. The lowest BCUT2D eigenvalue weighted by atomic mass is 9.79. The van der Waals surface area contributed by atoms with Crippen molar-refractivity contribution in [3.8, 4) is 5.75 Å². The van der Waals surface area contributed by atoms with Crippen LogP contribution in [-0.2, 0) is 5.41 Å². The van der Waals surface area contributed by atoms with Crippen molar-refractivity contribution < 1.29 is 19.4 Å². The number of ketones is 1. The molecule has 39 heavy (non-hydrogen) atoms. The van der Waals surface area contributed by atoms with Gasteiger partial charge in [0.05, 0.1) is 12.2 Å². The van der Waals surface area contributed by atoms with Crippen LogP contribution in [-0.4, -0.2) is 23.5 Å². The number of carboxylic acids is 1. The van der Waals surface area contributed by atoms with Gasteiger partial charge >= 0.3 is 5.97 Å². The fraction of sp³-hybridized carbons (Fsp3) is 0.200. The summed E-state index contributed by atoms with van der Waals surface area (Å²) in [4.78, 5) is 24.0. The summed E-state index contributed by atoms with van der Waals surface area (Å²) < 4.78 is 5.76. The predicted octanol–water partition coefficient (Wildman–Crippen LogP) is 8.29. The van der Waals surface area contributed by atoms with Crippen LogP contribution >= 0.6 is 0 Å². The average Bonchev–Trinajstić information content (AvgIpc) is 2.92. The van der Waals surface area contributed by atoms with E-state index in [1.165, 1.54) is 5.56 Å². The minimum absolute atomic E-state index is 0.0325. The van der Waals surface area contributed by atoms with Gasteiger partial charge in [-0.15, -0.1) is 0 Å². The van der Waals surface area contributed by atoms with E-state index >= 15 is 0 Å². The minimum Gasteiger partial charge on any atom is -0.493 e. The quantitative estimate of drug-likeness (QED) is 0.245. The van der Waals surface area contributed by atoms with Gasteiger partial charge in [0, 0.05) is 16.7 Å². The van der Waals surface area contributed by atoms with Gasteiger partial charge in [-0.05, 0) is 77.1 Å². The fourth-order valence-corrected chi connectivity index (χ4v) is 5.21. The predicted molar refractivity (Wildman–Crippen MR) is 157 cm³/mol. The Morgan fingerprint density at radius 3 is 2.23 bits per heavy atom. The van der Waals surface area contributed by atoms with Gasteiger partial charge in [0.25, 0.3) is 0 Å². The molecule has 0 spiro atoms. The van der Waals surface area contributed by atoms with Gasteiger partial charge in [-0.25, -0.2) is 4.79 Å². The maximum Gasteiger partial charge on any atom is 0.336 e. The van der Waals surface area contributed by atoms with E-state index in [0.29, 0.717) is 5.56 Å². The lowest BCUT2D eigenvalue weighted by Crippen LogP contribution is -2.27. The Balaban J connectivity index is 0.000000186. The molecule has 0 atom stereocenters. The van der Waals surface area contributed by atoms with E-state index in [0.717, 1.165) is 62.6 Å². The molecular formula is C35H32O4. The first kappa shape index (κ1) is 26.2. The summed E-state index contributed by atoms with van der Waals surface area (Å²) in [5.41, 5.74) is 5.04. The molecule has 0 bridgehead atoms. The average molecular weight is 517 g/mol. The third kappa shape index (κ3) is 5.28. The Bertz CT molecular complexity index is 1730. The van der Waals surface area contributed by atoms with Gasteiger partial charge in [-0.2, -0.15) is 0 Å². The number of hydrogen-bond acceptors (Lipinski definition) is 3. The molecule has 0 saturated carbocycles. The summed E-state index contributed by atoms with van der Waals surface area (Å²) in [7, 11) is 0. The molecule has 0 radical (unpaired) electrons. The van der Waals surface area contributed by atoms with Crippen LogP contribution in [0.3, 0.4) is 0 Å². The van der Waals surface area contributed by atoms with E-state index in [9.17, 15) is 9.59 Å². The highest BCUT2D eigenvalue weighted by molar-refractivity contribution is 6.11. The molecule has 1 aliphatic rings. The molecule has 0 aromatic heterocycles. The van der Waals surface area contributed by atoms with Crippen LogP contribution in [0.1, 0.15) is 63.2 Å². The molecule has 6 rings (SSSR count). The van der Waals surface area contributed by atoms with Crippen molar-refractivity contribution in [2.75, 3.05) is 6.61 Å². The number of carbonyl (C=O) groups is 2. The third-order valence-electron chi connectivity index (χ3n) is 7.56. The Kier molecular flexibility index (Phi) is 6.96. The van der Waals surface area contributed by atoms with Crippen LogP contribution in [0.2, 0.25) is 0 Å². The zero-order valence-corrected chi connectivity index (χ0v) is 22.7. The summed E-state index contributed by atoms with van der Waals surface area (Å²) in [6.45, 7) is 9.05. The Hall–Kier alpha value is -4.44. The maximum atomic E-state index is 13.0. The third-order valence-corrected chi connectivity index (χ3v) is 7.56. The molecule has 0 aliphatic carbocycles. The van der Waals surface area contributed by atoms with Crippen LogP contribution in [0.15, 0.2) is 91.0 Å². The molecule has 1 heterocycles. The largest absolute Gasteiger partial charge is 0.493 e. The van der Waals surface area contributed by atoms with E-state index in [1.54, 1.807) is 0 Å². The molecule has 4 nitrogen and oxygen atoms in total. The van der Waals surface area contributed by atoms with Crippen molar-refractivity contribution in [2.24, 2.45) is 0 Å². The van der Waals surface area contributed by atoms with Crippen molar-refractivity contribution in [1.82, 2.24) is 0 Å². The monoisotopic (exact) mass is 516 g/mol. The molecular weight excluding hydrogens is 484 g/mol. The molecule has 0 unspecified atom stereocenters. The van der Waals surface area contributed by atoms with Crippen molar-refractivity contribution in [3.63, 3.8) is 0 Å². The Morgan fingerprint density at radius 1 is 0.769 bits per heavy atom. The highest BCUT2D eigenvalue weighted by atomic mass is 16.5. The number of aromatic carboxylic acids is 1. The van der Waals surface area contributed by atoms with E-state index in [1.807, 2.05) is 79.7 Å². The highest BCUT2D eigenvalue weighted by Gasteiger charge is 2.29. The van der Waals surface area contributed by atoms with Gasteiger partial charge < -0.3 is 9.84 Å². The van der Waals surface area contributed by atoms with Crippen molar-refractivity contribution >= 4 is 33.3 Å². The number of hydrogen-bond donors (Lipinski definition) is 1. The Morgan fingerprint density at radius 2 is 1.44 bits per heavy atom. The summed E-state index contributed by atoms with van der Waals surface area (Å²) in [6, 6.07) is 29.4. The molecule has 4 heteroatoms. The van der Waals surface area contributed by atoms with Crippen LogP contribution in [0.4, 0.5) is 0 Å². The molecule has 5 aromatic rings. The van der Waals surface area contributed by atoms with E-state index in [2.05, 4.69) is 39.0 Å². The first-order valence-corrected chi connectivity index (χ1v) is 13.2. The second-order valence-electron chi connectivity index (χ2n) is 10.9. The Labute approximate surface area is 228 Å². The van der Waals surface area contributed by atoms with Crippen LogP contribution in [0, 0.1) is 13.8 Å². The smallest absolute Gasteiger partial charge is 0.336 e. The van der Waals surface area contributed by atoms with E-state index in [-0.39, 0.29) is 11.2 Å². The molecule has 0 fully saturated rings. The summed E-state index contributed by atoms with van der Waals surface area (Å²) >= 11 is 0. The van der Waals surface area contributed by atoms with Gasteiger partial charge in [-0.1, -0.05) is 86.1 Å². The van der Waals surface area contributed by atoms with Gasteiger partial charge in [0.2, 0.25) is 0 Å². The standard InChI is InChI=1S/C23H22O2.C12H10O2/c1-15-4-5-17-13-18(7-6-16(17)12-15)22(24)19-8-9-21-20(14-19)23(2,3)10-11-25-21;1-8-6-7-9-4-2-3-5-10(9)11(8)12(13)14/h4-9,12-14H,10-11H2,1-3H3;2-7H,1H3,(H,13,14). The summed E-state index contributed by atoms with van der Waals surface area (Å²) in [6.07, 6.45) is 0.965. The lowest BCUT2D eigenvalue weighted by Gasteiger charge is -2.32. The molecule has 1 aliphatic heterocycles. The first-order valence-electron chi connectivity index (χ1n) is 13.2. The first-order chi connectivity index (χ1) is 18.6. The zero-order chi connectivity index (χ0) is 27.7. The number of ether oxygens (including phenoxy) is 1. The van der Waals surface area contributed by atoms with Gasteiger partial charge in [-0.3, -0.25) is 4.79 Å². The van der Waals surface area contributed by atoms with Gasteiger partial charge in [0.1, 0.15) is 5.75 Å². The fourth-order valence-electron chi connectivity index (χ4n) is 5.21. The molecule has 196 valence electrons. The summed E-state index contributed by atoms with van der Waals surface area (Å²) in [5.74, 6) is 0.104. The minimum atomic E-state index is -0.862. The number of aryl methyl sites for hydroxylation is 2. The highest BCUT2D eigenvalue weighted by Crippen LogP contribution is 2.39. The number of fused-ring (bicyclic) bond motifs is 3. The van der Waals surface area contributed by atoms with Crippen LogP contribution < -0.4 is 4.74 Å². The van der Waals surface area contributed by atoms with E-state index < -0.39 is 5.97 Å². The second kappa shape index (κ2) is 10.4. The topological polar surface area (TPSA) is 63.6 Å². The second-order valence-corrected chi connectivity index (χ2v) is 10.9. The summed E-state index contributed by atoms with van der Waals surface area (Å²) in [5, 5.41) is 13.1. The molecule has 0 saturated heterocycles. The van der Waals surface area contributed by atoms with Crippen molar-refractivity contribution in [3.05, 3.63) is 124 Å². The maximum absolute atomic E-state index is 13.0. The number of benzene rings is 5. The van der Waals surface area contributed by atoms with E-state index in [4.69, 9.17) is 9.84 Å². The zero-order valence-electron chi connectivity index (χ0n) is 22.7. The molecule has 5 aromatic carbocycles. The molecule has 0 amide bonds. The van der Waals surface area contributed by atoms with Crippen LogP contribution in [0.25, 0.3) is 21.5 Å².